The van der Waals surface area contributed by atoms with Gasteiger partial charge < -0.3 is 4.98 Å². The van der Waals surface area contributed by atoms with Gasteiger partial charge in [-0.2, -0.15) is 5.26 Å². The van der Waals surface area contributed by atoms with Crippen LogP contribution in [0.15, 0.2) is 30.3 Å². The van der Waals surface area contributed by atoms with Crippen LogP contribution < -0.4 is 0 Å². The monoisotopic (exact) mass is 221 g/mol. The highest BCUT2D eigenvalue weighted by atomic mass is 14.9. The zero-order valence-electron chi connectivity index (χ0n) is 9.27. The zero-order chi connectivity index (χ0) is 11.7. The average Bonchev–Trinajstić information content (AvgIpc) is 2.82. The molecule has 0 amide bonds. The molecule has 0 bridgehead atoms. The second-order valence-electron chi connectivity index (χ2n) is 4.08. The number of rotatable bonds is 1. The topological polar surface area (TPSA) is 52.5 Å². The lowest BCUT2D eigenvalue weighted by molar-refractivity contribution is 0.944. The fourth-order valence-electron chi connectivity index (χ4n) is 2.05. The smallest absolute Gasteiger partial charge is 0.138 e. The highest BCUT2D eigenvalue weighted by Crippen LogP contribution is 2.23. The largest absolute Gasteiger partial charge is 0.341 e. The number of fused-ring (bicyclic) bond motifs is 1. The van der Waals surface area contributed by atoms with Crippen molar-refractivity contribution in [3.8, 4) is 17.5 Å². The molecule has 1 aliphatic carbocycles. The lowest BCUT2D eigenvalue weighted by Crippen LogP contribution is -1.91. The predicted molar refractivity (Wildman–Crippen MR) is 66.1 cm³/mol. The molecule has 0 saturated heterocycles. The number of imidazole rings is 1. The number of aromatic nitrogens is 2. The quantitative estimate of drug-likeness (QED) is 0.804. The summed E-state index contributed by atoms with van der Waals surface area (Å²) in [6.45, 7) is 0. The number of allylic oxidation sites excluding steroid dienone is 1. The van der Waals surface area contributed by atoms with E-state index in [0.29, 0.717) is 5.56 Å². The van der Waals surface area contributed by atoms with Gasteiger partial charge >= 0.3 is 0 Å². The molecule has 3 rings (SSSR count). The van der Waals surface area contributed by atoms with Gasteiger partial charge in [-0.25, -0.2) is 4.98 Å². The number of H-pyrrole nitrogens is 1. The van der Waals surface area contributed by atoms with Gasteiger partial charge in [0.15, 0.2) is 0 Å². The molecule has 17 heavy (non-hydrogen) atoms. The van der Waals surface area contributed by atoms with Crippen molar-refractivity contribution in [3.05, 3.63) is 47.3 Å². The molecule has 82 valence electrons. The second-order valence-corrected chi connectivity index (χ2v) is 4.08. The number of nitrogens with one attached hydrogen (secondary N) is 1. The summed E-state index contributed by atoms with van der Waals surface area (Å²) in [5.74, 6) is 0.846. The van der Waals surface area contributed by atoms with Crippen molar-refractivity contribution in [3.63, 3.8) is 0 Å². The van der Waals surface area contributed by atoms with Gasteiger partial charge in [-0.05, 0) is 31.1 Å². The van der Waals surface area contributed by atoms with Gasteiger partial charge in [-0.15, -0.1) is 0 Å². The van der Waals surface area contributed by atoms with Crippen LogP contribution in [-0.4, -0.2) is 9.97 Å². The molecule has 1 aromatic heterocycles. The Morgan fingerprint density at radius 3 is 3.12 bits per heavy atom. The van der Waals surface area contributed by atoms with E-state index in [1.54, 1.807) is 6.07 Å². The molecule has 1 N–H and O–H groups in total. The number of nitrogens with zero attached hydrogens (tertiary/aromatic N) is 2. The van der Waals surface area contributed by atoms with Gasteiger partial charge in [0.1, 0.15) is 5.82 Å². The van der Waals surface area contributed by atoms with Crippen molar-refractivity contribution in [2.24, 2.45) is 0 Å². The van der Waals surface area contributed by atoms with E-state index in [1.165, 1.54) is 5.69 Å². The standard InChI is InChI=1S/C14H11N3/c15-9-10-4-3-5-11(8-10)14-16-12-6-1-2-7-13(12)17-14/h1,3-6,8H,2,7H2,(H,16,17). The van der Waals surface area contributed by atoms with Crippen molar-refractivity contribution < 1.29 is 0 Å². The maximum atomic E-state index is 8.88. The van der Waals surface area contributed by atoms with Gasteiger partial charge in [0.05, 0.1) is 17.3 Å². The summed E-state index contributed by atoms with van der Waals surface area (Å²) in [5, 5.41) is 8.88. The summed E-state index contributed by atoms with van der Waals surface area (Å²) in [6.07, 6.45) is 6.26. The summed E-state index contributed by atoms with van der Waals surface area (Å²) in [5.41, 5.74) is 3.83. The SMILES string of the molecule is N#Cc1cccc(-c2nc3c([nH]2)CCC=C3)c1. The molecule has 1 aliphatic rings. The molecule has 3 heteroatoms. The molecule has 0 saturated carbocycles. The number of nitriles is 1. The molecule has 0 unspecified atom stereocenters. The third-order valence-corrected chi connectivity index (χ3v) is 2.91. The molecule has 0 fully saturated rings. The molecule has 0 spiro atoms. The third-order valence-electron chi connectivity index (χ3n) is 2.91. The second kappa shape index (κ2) is 3.91. The van der Waals surface area contributed by atoms with Gasteiger partial charge in [0.2, 0.25) is 0 Å². The molecule has 0 atom stereocenters. The minimum atomic E-state index is 0.660. The summed E-state index contributed by atoms with van der Waals surface area (Å²) in [6, 6.07) is 9.64. The molecule has 3 nitrogen and oxygen atoms in total. The zero-order valence-corrected chi connectivity index (χ0v) is 9.27. The number of hydrogen-bond acceptors (Lipinski definition) is 2. The minimum absolute atomic E-state index is 0.660. The van der Waals surface area contributed by atoms with Crippen molar-refractivity contribution in [2.75, 3.05) is 0 Å². The summed E-state index contributed by atoms with van der Waals surface area (Å²) in [4.78, 5) is 7.87. The van der Waals surface area contributed by atoms with Gasteiger partial charge in [0.25, 0.3) is 0 Å². The van der Waals surface area contributed by atoms with E-state index < -0.39 is 0 Å². The average molecular weight is 221 g/mol. The molecule has 0 radical (unpaired) electrons. The van der Waals surface area contributed by atoms with Gasteiger partial charge in [-0.3, -0.25) is 0 Å². The Balaban J connectivity index is 2.07. The molecule has 1 aromatic carbocycles. The maximum Gasteiger partial charge on any atom is 0.138 e. The molecular weight excluding hydrogens is 210 g/mol. The van der Waals surface area contributed by atoms with Crippen molar-refractivity contribution in [1.29, 1.82) is 5.26 Å². The Morgan fingerprint density at radius 1 is 1.35 bits per heavy atom. The molecule has 1 heterocycles. The Bertz CT molecular complexity index is 629. The van der Waals surface area contributed by atoms with E-state index in [1.807, 2.05) is 24.3 Å². The molecule has 0 aliphatic heterocycles. The van der Waals surface area contributed by atoms with E-state index in [-0.39, 0.29) is 0 Å². The predicted octanol–water partition coefficient (Wildman–Crippen LogP) is 2.91. The lowest BCUT2D eigenvalue weighted by atomic mass is 10.1. The normalized spacial score (nSPS) is 13.1. The van der Waals surface area contributed by atoms with Gasteiger partial charge in [-0.1, -0.05) is 18.2 Å². The number of aryl methyl sites for hydroxylation is 1. The molecular formula is C14H11N3. The highest BCUT2D eigenvalue weighted by Gasteiger charge is 2.11. The lowest BCUT2D eigenvalue weighted by Gasteiger charge is -2.00. The van der Waals surface area contributed by atoms with E-state index in [2.05, 4.69) is 22.1 Å². The van der Waals surface area contributed by atoms with Crippen LogP contribution in [-0.2, 0) is 6.42 Å². The van der Waals surface area contributed by atoms with E-state index in [4.69, 9.17) is 5.26 Å². The summed E-state index contributed by atoms with van der Waals surface area (Å²) < 4.78 is 0. The first-order valence-corrected chi connectivity index (χ1v) is 5.63. The first-order chi connectivity index (χ1) is 8.36. The Hall–Kier alpha value is -2.34. The van der Waals surface area contributed by atoms with Crippen LogP contribution in [0, 0.1) is 11.3 Å². The summed E-state index contributed by atoms with van der Waals surface area (Å²) >= 11 is 0. The van der Waals surface area contributed by atoms with Crippen LogP contribution in [0.2, 0.25) is 0 Å². The first kappa shape index (κ1) is 9.86. The highest BCUT2D eigenvalue weighted by molar-refractivity contribution is 5.62. The third kappa shape index (κ3) is 1.74. The van der Waals surface area contributed by atoms with E-state index >= 15 is 0 Å². The fraction of sp³-hybridized carbons (Fsp3) is 0.143. The van der Waals surface area contributed by atoms with Crippen LogP contribution in [0.4, 0.5) is 0 Å². The number of aromatic amines is 1. The Labute approximate surface area is 99.4 Å². The fourth-order valence-corrected chi connectivity index (χ4v) is 2.05. The van der Waals surface area contributed by atoms with E-state index in [9.17, 15) is 0 Å². The van der Waals surface area contributed by atoms with E-state index in [0.717, 1.165) is 29.9 Å². The number of hydrogen-bond donors (Lipinski definition) is 1. The maximum absolute atomic E-state index is 8.88. The molecule has 2 aromatic rings. The van der Waals surface area contributed by atoms with Crippen LogP contribution >= 0.6 is 0 Å². The van der Waals surface area contributed by atoms with Crippen LogP contribution in [0.5, 0.6) is 0 Å². The Kier molecular flexibility index (Phi) is 2.27. The van der Waals surface area contributed by atoms with Crippen LogP contribution in [0.3, 0.4) is 0 Å². The van der Waals surface area contributed by atoms with Crippen LogP contribution in [0.25, 0.3) is 17.5 Å². The van der Waals surface area contributed by atoms with Crippen molar-refractivity contribution in [1.82, 2.24) is 9.97 Å². The van der Waals surface area contributed by atoms with Gasteiger partial charge in [0, 0.05) is 11.3 Å². The summed E-state index contributed by atoms with van der Waals surface area (Å²) in [7, 11) is 0. The number of benzene rings is 1. The minimum Gasteiger partial charge on any atom is -0.341 e. The Morgan fingerprint density at radius 2 is 2.29 bits per heavy atom. The van der Waals surface area contributed by atoms with Crippen LogP contribution in [0.1, 0.15) is 23.4 Å². The van der Waals surface area contributed by atoms with Crippen molar-refractivity contribution >= 4 is 6.08 Å². The first-order valence-electron chi connectivity index (χ1n) is 5.63. The van der Waals surface area contributed by atoms with Crippen molar-refractivity contribution in [2.45, 2.75) is 12.8 Å².